The van der Waals surface area contributed by atoms with Gasteiger partial charge in [-0.05, 0) is 73.7 Å². The molecule has 1 N–H and O–H groups in total. The Kier molecular flexibility index (Phi) is 5.99. The molecule has 0 bridgehead atoms. The highest BCUT2D eigenvalue weighted by atomic mass is 127. The average Bonchev–Trinajstić information content (AvgIpc) is 2.96. The molecule has 3 rings (SSSR count). The molecule has 3 aromatic rings. The van der Waals surface area contributed by atoms with E-state index in [0.717, 1.165) is 18.9 Å². The molecular weight excluding hydrogens is 489 g/mol. The summed E-state index contributed by atoms with van der Waals surface area (Å²) in [5, 5.41) is 7.86. The number of amides is 1. The summed E-state index contributed by atoms with van der Waals surface area (Å²) in [5.41, 5.74) is 0.658. The highest BCUT2D eigenvalue weighted by Gasteiger charge is 2.22. The summed E-state index contributed by atoms with van der Waals surface area (Å²) in [6.45, 7) is 5.45. The van der Waals surface area contributed by atoms with Crippen LogP contribution in [0.1, 0.15) is 31.1 Å². The lowest BCUT2D eigenvalue weighted by atomic mass is 10.2. The molecule has 8 heteroatoms. The number of benzene rings is 2. The van der Waals surface area contributed by atoms with Crippen molar-refractivity contribution in [2.45, 2.75) is 36.2 Å². The average molecular weight is 509 g/mol. The van der Waals surface area contributed by atoms with E-state index in [0.29, 0.717) is 11.1 Å². The first-order valence-electron chi connectivity index (χ1n) is 8.60. The van der Waals surface area contributed by atoms with E-state index < -0.39 is 11.7 Å². The predicted octanol–water partition coefficient (Wildman–Crippen LogP) is 4.93. The monoisotopic (exact) mass is 509 g/mol. The second kappa shape index (κ2) is 8.12. The van der Waals surface area contributed by atoms with Gasteiger partial charge >= 0.3 is 6.09 Å². The number of nitrogens with one attached hydrogen (secondary N) is 1. The fourth-order valence-electron chi connectivity index (χ4n) is 2.57. The van der Waals surface area contributed by atoms with Gasteiger partial charge in [0.05, 0.1) is 11.1 Å². The van der Waals surface area contributed by atoms with Gasteiger partial charge in [-0.1, -0.05) is 23.9 Å². The molecule has 146 valence electrons. The van der Waals surface area contributed by atoms with Crippen molar-refractivity contribution in [3.05, 3.63) is 51.7 Å². The summed E-state index contributed by atoms with van der Waals surface area (Å²) in [7, 11) is 1.61. The summed E-state index contributed by atoms with van der Waals surface area (Å²) < 4.78 is 7.48. The number of aromatic nitrogens is 2. The predicted molar refractivity (Wildman–Crippen MR) is 118 cm³/mol. The van der Waals surface area contributed by atoms with Crippen LogP contribution in [0.4, 0.5) is 4.79 Å². The quantitative estimate of drug-likeness (QED) is 0.507. The maximum absolute atomic E-state index is 12.6. The topological polar surface area (TPSA) is 73.2 Å². The Hall–Kier alpha value is -2.07. The smallest absolute Gasteiger partial charge is 0.435 e. The SMILES string of the molecule is CNC(=O)c1ccccc1Sc1ccc2c(I)nn(C(=O)OC(C)(C)C)c2c1. The number of halogens is 1. The van der Waals surface area contributed by atoms with Gasteiger partial charge in [0.1, 0.15) is 9.30 Å². The van der Waals surface area contributed by atoms with Gasteiger partial charge in [-0.3, -0.25) is 4.79 Å². The number of rotatable bonds is 3. The van der Waals surface area contributed by atoms with E-state index in [-0.39, 0.29) is 5.91 Å². The molecule has 0 saturated heterocycles. The lowest BCUT2D eigenvalue weighted by Gasteiger charge is -2.19. The van der Waals surface area contributed by atoms with E-state index in [4.69, 9.17) is 4.74 Å². The van der Waals surface area contributed by atoms with Crippen molar-refractivity contribution >= 4 is 57.3 Å². The van der Waals surface area contributed by atoms with Crippen LogP contribution in [-0.4, -0.2) is 34.4 Å². The van der Waals surface area contributed by atoms with E-state index in [2.05, 4.69) is 33.0 Å². The third-order valence-electron chi connectivity index (χ3n) is 3.76. The number of ether oxygens (including phenoxy) is 1. The molecule has 2 aromatic carbocycles. The molecule has 0 spiro atoms. The molecule has 0 fully saturated rings. The van der Waals surface area contributed by atoms with Gasteiger partial charge in [0, 0.05) is 22.2 Å². The summed E-state index contributed by atoms with van der Waals surface area (Å²) >= 11 is 3.56. The minimum atomic E-state index is -0.612. The Labute approximate surface area is 181 Å². The zero-order valence-corrected chi connectivity index (χ0v) is 18.9. The molecule has 0 aliphatic heterocycles. The van der Waals surface area contributed by atoms with Crippen LogP contribution in [0.15, 0.2) is 52.3 Å². The Morgan fingerprint density at radius 1 is 1.18 bits per heavy atom. The lowest BCUT2D eigenvalue weighted by molar-refractivity contribution is 0.0522. The maximum Gasteiger partial charge on any atom is 0.435 e. The van der Waals surface area contributed by atoms with Crippen LogP contribution in [0.2, 0.25) is 0 Å². The molecule has 0 unspecified atom stereocenters. The standard InChI is InChI=1S/C20H20IN3O3S/c1-20(2,3)27-19(26)24-15-11-12(9-10-13(15)17(21)23-24)28-16-8-6-5-7-14(16)18(25)22-4/h5-11H,1-4H3,(H,22,25). The second-order valence-electron chi connectivity index (χ2n) is 7.04. The van der Waals surface area contributed by atoms with Crippen molar-refractivity contribution in [2.75, 3.05) is 7.05 Å². The highest BCUT2D eigenvalue weighted by Crippen LogP contribution is 2.33. The van der Waals surface area contributed by atoms with E-state index in [9.17, 15) is 9.59 Å². The van der Waals surface area contributed by atoms with Crippen molar-refractivity contribution in [3.8, 4) is 0 Å². The van der Waals surface area contributed by atoms with Crippen LogP contribution in [0, 0.1) is 3.70 Å². The first-order chi connectivity index (χ1) is 13.2. The van der Waals surface area contributed by atoms with Crippen LogP contribution in [-0.2, 0) is 4.74 Å². The molecule has 1 heterocycles. The zero-order valence-electron chi connectivity index (χ0n) is 15.9. The normalized spacial score (nSPS) is 11.5. The number of carbonyl (C=O) groups is 2. The van der Waals surface area contributed by atoms with Crippen molar-refractivity contribution in [1.29, 1.82) is 0 Å². The van der Waals surface area contributed by atoms with Gasteiger partial charge in [-0.2, -0.15) is 9.78 Å². The molecule has 1 amide bonds. The van der Waals surface area contributed by atoms with Crippen molar-refractivity contribution in [2.24, 2.45) is 0 Å². The van der Waals surface area contributed by atoms with E-state index in [1.807, 2.05) is 57.2 Å². The second-order valence-corrected chi connectivity index (χ2v) is 9.18. The molecule has 0 aliphatic rings. The molecule has 0 saturated carbocycles. The fraction of sp³-hybridized carbons (Fsp3) is 0.250. The third kappa shape index (κ3) is 4.49. The van der Waals surface area contributed by atoms with Crippen LogP contribution in [0.5, 0.6) is 0 Å². The van der Waals surface area contributed by atoms with Crippen LogP contribution < -0.4 is 5.32 Å². The Morgan fingerprint density at radius 2 is 1.89 bits per heavy atom. The molecular formula is C20H20IN3O3S. The van der Waals surface area contributed by atoms with E-state index >= 15 is 0 Å². The van der Waals surface area contributed by atoms with Crippen molar-refractivity contribution in [3.63, 3.8) is 0 Å². The summed E-state index contributed by atoms with van der Waals surface area (Å²) in [6.07, 6.45) is -0.520. The number of carbonyl (C=O) groups excluding carboxylic acids is 2. The lowest BCUT2D eigenvalue weighted by Crippen LogP contribution is -2.27. The van der Waals surface area contributed by atoms with Gasteiger partial charge < -0.3 is 10.1 Å². The first kappa shape index (κ1) is 20.7. The Balaban J connectivity index is 2.00. The number of nitrogens with zero attached hydrogens (tertiary/aromatic N) is 2. The summed E-state index contributed by atoms with van der Waals surface area (Å²) in [4.78, 5) is 26.4. The highest BCUT2D eigenvalue weighted by molar-refractivity contribution is 14.1. The Morgan fingerprint density at radius 3 is 2.57 bits per heavy atom. The number of hydrogen-bond acceptors (Lipinski definition) is 5. The zero-order chi connectivity index (χ0) is 20.5. The van der Waals surface area contributed by atoms with Gasteiger partial charge in [0.15, 0.2) is 0 Å². The molecule has 0 aliphatic carbocycles. The summed E-state index contributed by atoms with van der Waals surface area (Å²) in [5.74, 6) is -0.141. The van der Waals surface area contributed by atoms with Crippen LogP contribution in [0.3, 0.4) is 0 Å². The summed E-state index contributed by atoms with van der Waals surface area (Å²) in [6, 6.07) is 13.2. The van der Waals surface area contributed by atoms with Crippen molar-refractivity contribution in [1.82, 2.24) is 15.1 Å². The van der Waals surface area contributed by atoms with Gasteiger partial charge in [-0.25, -0.2) is 4.79 Å². The maximum atomic E-state index is 12.6. The third-order valence-corrected chi connectivity index (χ3v) is 5.62. The molecule has 28 heavy (non-hydrogen) atoms. The molecule has 0 atom stereocenters. The number of fused-ring (bicyclic) bond motifs is 1. The van der Waals surface area contributed by atoms with Gasteiger partial charge in [0.2, 0.25) is 0 Å². The Bertz CT molecular complexity index is 1060. The van der Waals surface area contributed by atoms with E-state index in [1.165, 1.54) is 16.4 Å². The molecule has 0 radical (unpaired) electrons. The first-order valence-corrected chi connectivity index (χ1v) is 10.5. The van der Waals surface area contributed by atoms with Gasteiger partial charge in [0.25, 0.3) is 5.91 Å². The van der Waals surface area contributed by atoms with Gasteiger partial charge in [-0.15, -0.1) is 0 Å². The minimum Gasteiger partial charge on any atom is -0.442 e. The van der Waals surface area contributed by atoms with E-state index in [1.54, 1.807) is 13.1 Å². The molecule has 6 nitrogen and oxygen atoms in total. The van der Waals surface area contributed by atoms with Crippen LogP contribution >= 0.6 is 34.4 Å². The largest absolute Gasteiger partial charge is 0.442 e. The fourth-order valence-corrected chi connectivity index (χ4v) is 4.22. The molecule has 1 aromatic heterocycles. The van der Waals surface area contributed by atoms with Crippen LogP contribution in [0.25, 0.3) is 10.9 Å². The number of hydrogen-bond donors (Lipinski definition) is 1. The minimum absolute atomic E-state index is 0.141. The van der Waals surface area contributed by atoms with Crippen molar-refractivity contribution < 1.29 is 14.3 Å².